The smallest absolute Gasteiger partial charge is 0.160 e. The number of thioether (sulfide) groups is 1. The molecule has 0 amide bonds. The van der Waals surface area contributed by atoms with Gasteiger partial charge in [0.2, 0.25) is 0 Å². The standard InChI is InChI=1S/C37H25NOS/c1-37-20-10-9-15-30(37)29-21-23(18-19-33(29)40-37)27-22-28-25-13-6-8-17-32(25)39-36(28)35-34(27)26-14-5-7-16-31(26)38(35)24-11-3-2-4-12-24/h2-22,30H,1H3. The third-order valence-corrected chi connectivity index (χ3v) is 10.2. The lowest BCUT2D eigenvalue weighted by Crippen LogP contribution is -2.22. The molecule has 0 fully saturated rings. The molecule has 1 aliphatic carbocycles. The van der Waals surface area contributed by atoms with Gasteiger partial charge >= 0.3 is 0 Å². The number of aromatic nitrogens is 1. The highest BCUT2D eigenvalue weighted by Gasteiger charge is 2.41. The minimum absolute atomic E-state index is 0.0685. The molecule has 0 saturated heterocycles. The van der Waals surface area contributed by atoms with E-state index in [1.807, 2.05) is 11.8 Å². The summed E-state index contributed by atoms with van der Waals surface area (Å²) >= 11 is 1.98. The summed E-state index contributed by atoms with van der Waals surface area (Å²) in [5.74, 6) is 0.372. The number of nitrogens with zero attached hydrogens (tertiary/aromatic N) is 1. The molecular weight excluding hydrogens is 506 g/mol. The Morgan fingerprint density at radius 3 is 2.48 bits per heavy atom. The molecular formula is C37H25NOS. The first-order chi connectivity index (χ1) is 19.7. The van der Waals surface area contributed by atoms with Gasteiger partial charge in [-0.1, -0.05) is 85.0 Å². The lowest BCUT2D eigenvalue weighted by molar-refractivity contribution is 0.671. The maximum absolute atomic E-state index is 6.67. The zero-order valence-corrected chi connectivity index (χ0v) is 22.8. The molecule has 40 heavy (non-hydrogen) atoms. The van der Waals surface area contributed by atoms with Crippen molar-refractivity contribution in [2.75, 3.05) is 0 Å². The maximum atomic E-state index is 6.67. The first-order valence-electron chi connectivity index (χ1n) is 13.8. The number of fused-ring (bicyclic) bond motifs is 10. The van der Waals surface area contributed by atoms with Crippen LogP contribution in [0.5, 0.6) is 0 Å². The van der Waals surface area contributed by atoms with E-state index >= 15 is 0 Å². The van der Waals surface area contributed by atoms with Crippen molar-refractivity contribution in [3.63, 3.8) is 0 Å². The average molecular weight is 532 g/mol. The van der Waals surface area contributed by atoms with Gasteiger partial charge in [-0.2, -0.15) is 0 Å². The van der Waals surface area contributed by atoms with E-state index in [0.717, 1.165) is 33.1 Å². The topological polar surface area (TPSA) is 18.1 Å². The van der Waals surface area contributed by atoms with Crippen LogP contribution < -0.4 is 0 Å². The Bertz CT molecular complexity index is 2210. The van der Waals surface area contributed by atoms with Crippen molar-refractivity contribution in [3.8, 4) is 16.8 Å². The van der Waals surface area contributed by atoms with Crippen molar-refractivity contribution in [1.82, 2.24) is 4.57 Å². The third kappa shape index (κ3) is 2.96. The minimum atomic E-state index is 0.0685. The largest absolute Gasteiger partial charge is 0.454 e. The summed E-state index contributed by atoms with van der Waals surface area (Å²) in [7, 11) is 0. The molecule has 5 aromatic carbocycles. The van der Waals surface area contributed by atoms with Crippen LogP contribution in [0.1, 0.15) is 18.4 Å². The summed E-state index contributed by atoms with van der Waals surface area (Å²) < 4.78 is 9.12. The lowest BCUT2D eigenvalue weighted by Gasteiger charge is -2.27. The van der Waals surface area contributed by atoms with Crippen molar-refractivity contribution in [2.45, 2.75) is 22.5 Å². The van der Waals surface area contributed by atoms with Gasteiger partial charge in [0.05, 0.1) is 11.0 Å². The molecule has 2 aliphatic rings. The highest BCUT2D eigenvalue weighted by Crippen LogP contribution is 2.56. The van der Waals surface area contributed by atoms with Crippen LogP contribution in [-0.2, 0) is 0 Å². The molecule has 1 aliphatic heterocycles. The number of allylic oxidation sites excluding steroid dienone is 3. The predicted molar refractivity (Wildman–Crippen MR) is 169 cm³/mol. The fourth-order valence-corrected chi connectivity index (χ4v) is 8.31. The molecule has 2 nitrogen and oxygen atoms in total. The molecule has 7 aromatic rings. The Hall–Kier alpha value is -4.47. The summed E-state index contributed by atoms with van der Waals surface area (Å²) in [5.41, 5.74) is 9.21. The van der Waals surface area contributed by atoms with Gasteiger partial charge in [0, 0.05) is 42.8 Å². The molecule has 0 radical (unpaired) electrons. The van der Waals surface area contributed by atoms with Crippen molar-refractivity contribution in [2.24, 2.45) is 0 Å². The van der Waals surface area contributed by atoms with Crippen LogP contribution in [-0.4, -0.2) is 9.31 Å². The van der Waals surface area contributed by atoms with E-state index < -0.39 is 0 Å². The third-order valence-electron chi connectivity index (χ3n) is 8.74. The van der Waals surface area contributed by atoms with Crippen LogP contribution in [0.3, 0.4) is 0 Å². The summed E-state index contributed by atoms with van der Waals surface area (Å²) in [4.78, 5) is 1.38. The summed E-state index contributed by atoms with van der Waals surface area (Å²) in [6, 6.07) is 37.3. The van der Waals surface area contributed by atoms with E-state index in [0.29, 0.717) is 5.92 Å². The number of rotatable bonds is 2. The fourth-order valence-electron chi connectivity index (χ4n) is 6.92. The zero-order chi connectivity index (χ0) is 26.4. The minimum Gasteiger partial charge on any atom is -0.454 e. The number of hydrogen-bond acceptors (Lipinski definition) is 2. The Morgan fingerprint density at radius 1 is 0.775 bits per heavy atom. The SMILES string of the molecule is CC12C=CC=CC1c1cc(-c3cc4c5ccccc5oc4c4c3c3ccccc3n4-c3ccccc3)ccc1S2. The van der Waals surface area contributed by atoms with Crippen LogP contribution in [0.15, 0.2) is 137 Å². The van der Waals surface area contributed by atoms with Gasteiger partial charge in [-0.3, -0.25) is 0 Å². The Morgan fingerprint density at radius 2 is 1.57 bits per heavy atom. The molecule has 190 valence electrons. The molecule has 3 heteroatoms. The van der Waals surface area contributed by atoms with Crippen LogP contribution in [0.2, 0.25) is 0 Å². The Labute approximate surface area is 236 Å². The number of para-hydroxylation sites is 3. The van der Waals surface area contributed by atoms with E-state index in [1.54, 1.807) is 0 Å². The molecule has 0 N–H and O–H groups in total. The first kappa shape index (κ1) is 22.4. The Kier molecular flexibility index (Phi) is 4.49. The van der Waals surface area contributed by atoms with Gasteiger partial charge in [0.1, 0.15) is 5.58 Å². The van der Waals surface area contributed by atoms with Gasteiger partial charge in [-0.05, 0) is 66.1 Å². The zero-order valence-electron chi connectivity index (χ0n) is 22.0. The highest BCUT2D eigenvalue weighted by atomic mass is 32.2. The van der Waals surface area contributed by atoms with Crippen LogP contribution in [0.25, 0.3) is 60.6 Å². The molecule has 0 bridgehead atoms. The van der Waals surface area contributed by atoms with Crippen molar-refractivity contribution < 1.29 is 4.42 Å². The molecule has 2 unspecified atom stereocenters. The van der Waals surface area contributed by atoms with E-state index in [1.165, 1.54) is 37.9 Å². The second kappa shape index (κ2) is 8.03. The molecule has 0 spiro atoms. The van der Waals surface area contributed by atoms with E-state index in [9.17, 15) is 0 Å². The number of hydrogen-bond donors (Lipinski definition) is 0. The summed E-state index contributed by atoms with van der Waals surface area (Å²) in [6.07, 6.45) is 9.12. The monoisotopic (exact) mass is 531 g/mol. The molecule has 2 atom stereocenters. The second-order valence-electron chi connectivity index (χ2n) is 11.1. The predicted octanol–water partition coefficient (Wildman–Crippen LogP) is 10.4. The van der Waals surface area contributed by atoms with Gasteiger partial charge in [-0.15, -0.1) is 11.8 Å². The van der Waals surface area contributed by atoms with Crippen LogP contribution in [0, 0.1) is 0 Å². The summed E-state index contributed by atoms with van der Waals surface area (Å²) in [5, 5.41) is 4.77. The molecule has 0 saturated carbocycles. The quantitative estimate of drug-likeness (QED) is 0.221. The van der Waals surface area contributed by atoms with E-state index in [-0.39, 0.29) is 4.75 Å². The van der Waals surface area contributed by atoms with Gasteiger partial charge in [0.25, 0.3) is 0 Å². The first-order valence-corrected chi connectivity index (χ1v) is 14.6. The van der Waals surface area contributed by atoms with E-state index in [4.69, 9.17) is 4.42 Å². The van der Waals surface area contributed by atoms with Gasteiger partial charge in [-0.25, -0.2) is 0 Å². The number of furan rings is 1. The molecule has 9 rings (SSSR count). The van der Waals surface area contributed by atoms with Crippen molar-refractivity contribution in [3.05, 3.63) is 133 Å². The number of benzene rings is 5. The molecule has 2 aromatic heterocycles. The van der Waals surface area contributed by atoms with Gasteiger partial charge < -0.3 is 8.98 Å². The van der Waals surface area contributed by atoms with Crippen LogP contribution >= 0.6 is 11.8 Å². The van der Waals surface area contributed by atoms with Crippen molar-refractivity contribution in [1.29, 1.82) is 0 Å². The normalized spacial score (nSPS) is 19.7. The maximum Gasteiger partial charge on any atom is 0.160 e. The highest BCUT2D eigenvalue weighted by molar-refractivity contribution is 8.01. The lowest BCUT2D eigenvalue weighted by atomic mass is 9.83. The average Bonchev–Trinajstić information content (AvgIpc) is 3.64. The fraction of sp³-hybridized carbons (Fsp3) is 0.0811. The van der Waals surface area contributed by atoms with Gasteiger partial charge in [0.15, 0.2) is 5.58 Å². The summed E-state index contributed by atoms with van der Waals surface area (Å²) in [6.45, 7) is 2.36. The second-order valence-corrected chi connectivity index (χ2v) is 12.6. The van der Waals surface area contributed by atoms with E-state index in [2.05, 4.69) is 139 Å². The van der Waals surface area contributed by atoms with Crippen LogP contribution in [0.4, 0.5) is 0 Å². The Balaban J connectivity index is 1.44. The van der Waals surface area contributed by atoms with Crippen molar-refractivity contribution >= 4 is 55.5 Å². The molecule has 3 heterocycles.